The highest BCUT2D eigenvalue weighted by Crippen LogP contribution is 2.37. The van der Waals surface area contributed by atoms with E-state index in [4.69, 9.17) is 9.41 Å². The quantitative estimate of drug-likeness (QED) is 0.394. The maximum Gasteiger partial charge on any atom is 0.192 e. The molecule has 3 heterocycles. The molecule has 1 aliphatic heterocycles. The second-order valence-electron chi connectivity index (χ2n) is 11.6. The smallest absolute Gasteiger partial charge is 0.192 e. The topological polar surface area (TPSA) is 55.3 Å². The van der Waals surface area contributed by atoms with E-state index < -0.39 is 8.32 Å². The number of ketones is 1. The van der Waals surface area contributed by atoms with Crippen LogP contribution in [0.1, 0.15) is 69.3 Å². The van der Waals surface area contributed by atoms with Crippen molar-refractivity contribution in [2.45, 2.75) is 91.5 Å². The van der Waals surface area contributed by atoms with E-state index in [1.165, 1.54) is 18.4 Å². The number of Topliss-reactive ketones (excluding diaryl/α,β-unsaturated/α-hetero) is 1. The fourth-order valence-electron chi connectivity index (χ4n) is 4.05. The molecule has 0 aliphatic carbocycles. The lowest BCUT2D eigenvalue weighted by Gasteiger charge is -2.36. The summed E-state index contributed by atoms with van der Waals surface area (Å²) in [5.74, 6) is 2.09. The lowest BCUT2D eigenvalue weighted by atomic mass is 9.98. The first-order valence-corrected chi connectivity index (χ1v) is 15.7. The van der Waals surface area contributed by atoms with Crippen molar-refractivity contribution in [2.75, 3.05) is 18.0 Å². The Hall–Kier alpha value is -2.05. The fraction of sp³-hybridized carbons (Fsp3) is 0.607. The van der Waals surface area contributed by atoms with Crippen molar-refractivity contribution >= 4 is 19.9 Å². The zero-order valence-corrected chi connectivity index (χ0v) is 23.3. The van der Waals surface area contributed by atoms with Crippen LogP contribution in [0.3, 0.4) is 0 Å². The summed E-state index contributed by atoms with van der Waals surface area (Å²) in [6.45, 7) is 18.3. The van der Waals surface area contributed by atoms with Crippen molar-refractivity contribution in [3.05, 3.63) is 53.0 Å². The van der Waals surface area contributed by atoms with Crippen LogP contribution in [0, 0.1) is 12.8 Å². The number of nitrogens with zero attached hydrogens (tertiary/aromatic N) is 3. The molecule has 3 rings (SSSR count). The summed E-state index contributed by atoms with van der Waals surface area (Å²) in [7, 11) is -1.82. The van der Waals surface area contributed by atoms with E-state index in [1.54, 1.807) is 0 Å². The molecule has 2 aromatic rings. The number of anilines is 1. The largest absolute Gasteiger partial charge is 0.413 e. The third-order valence-electron chi connectivity index (χ3n) is 7.51. The highest BCUT2D eigenvalue weighted by Gasteiger charge is 2.37. The van der Waals surface area contributed by atoms with Crippen LogP contribution in [0.2, 0.25) is 18.1 Å². The molecule has 0 spiro atoms. The van der Waals surface area contributed by atoms with Gasteiger partial charge in [0.2, 0.25) is 0 Å². The molecule has 5 nitrogen and oxygen atoms in total. The Kier molecular flexibility index (Phi) is 8.69. The summed E-state index contributed by atoms with van der Waals surface area (Å²) in [6.07, 6.45) is 7.73. The Bertz CT molecular complexity index is 976. The average Bonchev–Trinajstić information content (AvgIpc) is 2.77. The number of aryl methyl sites for hydroxylation is 2. The van der Waals surface area contributed by atoms with Crippen molar-refractivity contribution in [1.29, 1.82) is 0 Å². The maximum absolute atomic E-state index is 12.9. The third kappa shape index (κ3) is 7.22. The highest BCUT2D eigenvalue weighted by molar-refractivity contribution is 6.74. The van der Waals surface area contributed by atoms with Gasteiger partial charge in [0, 0.05) is 44.0 Å². The molecule has 1 fully saturated rings. The van der Waals surface area contributed by atoms with E-state index >= 15 is 0 Å². The molecular formula is C28H43N3O2Si. The molecule has 6 heteroatoms. The Morgan fingerprint density at radius 1 is 1.15 bits per heavy atom. The first-order chi connectivity index (χ1) is 15.9. The number of aromatic nitrogens is 2. The summed E-state index contributed by atoms with van der Waals surface area (Å²) in [6, 6.07) is 6.29. The van der Waals surface area contributed by atoms with Gasteiger partial charge in [-0.15, -0.1) is 0 Å². The van der Waals surface area contributed by atoms with E-state index in [-0.39, 0.29) is 10.8 Å². The molecule has 0 radical (unpaired) electrons. The lowest BCUT2D eigenvalue weighted by molar-refractivity contribution is -0.118. The Morgan fingerprint density at radius 2 is 1.82 bits per heavy atom. The number of carbonyl (C=O) groups is 1. The molecule has 186 valence electrons. The fourth-order valence-corrected chi connectivity index (χ4v) is 5.01. The van der Waals surface area contributed by atoms with Crippen molar-refractivity contribution in [3.8, 4) is 0 Å². The molecule has 0 aromatic carbocycles. The van der Waals surface area contributed by atoms with Crippen LogP contribution < -0.4 is 4.90 Å². The summed E-state index contributed by atoms with van der Waals surface area (Å²) in [4.78, 5) is 24.5. The molecule has 34 heavy (non-hydrogen) atoms. The molecule has 1 aliphatic rings. The van der Waals surface area contributed by atoms with Gasteiger partial charge in [-0.2, -0.15) is 0 Å². The minimum atomic E-state index is -1.82. The number of piperidine rings is 1. The Balaban J connectivity index is 1.58. The van der Waals surface area contributed by atoms with Gasteiger partial charge in [-0.1, -0.05) is 39.8 Å². The van der Waals surface area contributed by atoms with Gasteiger partial charge in [0.1, 0.15) is 11.6 Å². The second-order valence-corrected chi connectivity index (χ2v) is 16.4. The average molecular weight is 482 g/mol. The lowest BCUT2D eigenvalue weighted by Crippen LogP contribution is -2.40. The van der Waals surface area contributed by atoms with Gasteiger partial charge in [-0.25, -0.2) is 4.98 Å². The maximum atomic E-state index is 12.9. The molecule has 1 saturated heterocycles. The van der Waals surface area contributed by atoms with E-state index in [0.717, 1.165) is 48.1 Å². The van der Waals surface area contributed by atoms with E-state index in [1.807, 2.05) is 19.3 Å². The number of pyridine rings is 2. The molecule has 0 unspecified atom stereocenters. The zero-order chi connectivity index (χ0) is 24.9. The number of hydrogen-bond donors (Lipinski definition) is 0. The van der Waals surface area contributed by atoms with Crippen LogP contribution >= 0.6 is 0 Å². The normalized spacial score (nSPS) is 15.6. The van der Waals surface area contributed by atoms with Gasteiger partial charge in [0.05, 0.1) is 6.61 Å². The van der Waals surface area contributed by atoms with Gasteiger partial charge in [0.25, 0.3) is 0 Å². The predicted octanol–water partition coefficient (Wildman–Crippen LogP) is 6.29. The molecule has 0 amide bonds. The van der Waals surface area contributed by atoms with Crippen LogP contribution in [-0.2, 0) is 28.7 Å². The monoisotopic (exact) mass is 481 g/mol. The van der Waals surface area contributed by atoms with Gasteiger partial charge in [0.15, 0.2) is 8.32 Å². The predicted molar refractivity (Wildman–Crippen MR) is 143 cm³/mol. The first kappa shape index (κ1) is 26.5. The number of hydrogen-bond acceptors (Lipinski definition) is 5. The summed E-state index contributed by atoms with van der Waals surface area (Å²) in [5, 5.41) is 0.171. The van der Waals surface area contributed by atoms with E-state index in [9.17, 15) is 4.79 Å². The van der Waals surface area contributed by atoms with Crippen LogP contribution in [0.15, 0.2) is 30.6 Å². The molecular weight excluding hydrogens is 438 g/mol. The van der Waals surface area contributed by atoms with Gasteiger partial charge >= 0.3 is 0 Å². The minimum absolute atomic E-state index is 0.171. The molecule has 0 bridgehead atoms. The Morgan fingerprint density at radius 3 is 2.50 bits per heavy atom. The van der Waals surface area contributed by atoms with E-state index in [0.29, 0.717) is 19.4 Å². The second kappa shape index (κ2) is 11.1. The molecule has 2 aromatic heterocycles. The van der Waals surface area contributed by atoms with Gasteiger partial charge in [-0.05, 0) is 73.0 Å². The van der Waals surface area contributed by atoms with Crippen molar-refractivity contribution in [1.82, 2.24) is 9.97 Å². The van der Waals surface area contributed by atoms with Crippen LogP contribution in [-0.4, -0.2) is 37.2 Å². The highest BCUT2D eigenvalue weighted by atomic mass is 28.4. The van der Waals surface area contributed by atoms with Crippen molar-refractivity contribution in [2.24, 2.45) is 5.92 Å². The number of carbonyl (C=O) groups excluding carboxylic acids is 1. The summed E-state index contributed by atoms with van der Waals surface area (Å²) in [5.41, 5.74) is 4.22. The SMILES string of the molecule is Cc1ccc(CCC(=O)Cc2cncc(CO[Si](C)(C)C(C)(C)C)c2)c(N2CCC(C)CC2)n1. The van der Waals surface area contributed by atoms with Gasteiger partial charge < -0.3 is 9.33 Å². The minimum Gasteiger partial charge on any atom is -0.413 e. The van der Waals surface area contributed by atoms with Crippen molar-refractivity contribution < 1.29 is 9.22 Å². The van der Waals surface area contributed by atoms with E-state index in [2.05, 4.69) is 68.9 Å². The molecule has 0 N–H and O–H groups in total. The van der Waals surface area contributed by atoms with Crippen LogP contribution in [0.25, 0.3) is 0 Å². The van der Waals surface area contributed by atoms with Gasteiger partial charge in [-0.3, -0.25) is 9.78 Å². The first-order valence-electron chi connectivity index (χ1n) is 12.7. The van der Waals surface area contributed by atoms with Crippen LogP contribution in [0.4, 0.5) is 5.82 Å². The number of rotatable bonds is 9. The molecule has 0 atom stereocenters. The summed E-state index contributed by atoms with van der Waals surface area (Å²) < 4.78 is 6.33. The standard InChI is InChI=1S/C28H43N3O2Si/c1-21-12-14-31(15-13-21)27-25(9-8-22(2)30-27)10-11-26(32)17-23-16-24(19-29-18-23)20-33-34(6,7)28(3,4)5/h8-9,16,18-19,21H,10-15,17,20H2,1-7H3. The molecule has 0 saturated carbocycles. The van der Waals surface area contributed by atoms with Crippen LogP contribution in [0.5, 0.6) is 0 Å². The summed E-state index contributed by atoms with van der Waals surface area (Å²) >= 11 is 0. The zero-order valence-electron chi connectivity index (χ0n) is 22.3. The van der Waals surface area contributed by atoms with Crippen molar-refractivity contribution in [3.63, 3.8) is 0 Å². The third-order valence-corrected chi connectivity index (χ3v) is 12.0. The Labute approximate surface area is 207 Å².